The minimum atomic E-state index is -1.00. The lowest BCUT2D eigenvalue weighted by Crippen LogP contribution is -2.35. The minimum Gasteiger partial charge on any atom is -0.448 e. The first-order chi connectivity index (χ1) is 9.29. The van der Waals surface area contributed by atoms with Crippen LogP contribution in [-0.4, -0.2) is 29.5 Å². The Balaban J connectivity index is 2.97. The van der Waals surface area contributed by atoms with Crippen LogP contribution in [0.15, 0.2) is 0 Å². The van der Waals surface area contributed by atoms with Gasteiger partial charge < -0.3 is 15.8 Å². The molecule has 0 saturated carbocycles. The van der Waals surface area contributed by atoms with Gasteiger partial charge in [0.15, 0.2) is 17.0 Å². The van der Waals surface area contributed by atoms with Crippen LogP contribution >= 0.6 is 34.8 Å². The van der Waals surface area contributed by atoms with Gasteiger partial charge in [0.2, 0.25) is 0 Å². The third-order valence-electron chi connectivity index (χ3n) is 2.27. The zero-order chi connectivity index (χ0) is 15.4. The average Bonchev–Trinajstić information content (AvgIpc) is 2.40. The van der Waals surface area contributed by atoms with Gasteiger partial charge in [0.25, 0.3) is 5.91 Å². The Labute approximate surface area is 130 Å². The molecule has 1 heterocycles. The third kappa shape index (κ3) is 3.65. The number of halogens is 3. The molecule has 0 spiro atoms. The van der Waals surface area contributed by atoms with E-state index in [0.29, 0.717) is 6.54 Å². The normalized spacial score (nSPS) is 11.8. The fourth-order valence-corrected chi connectivity index (χ4v) is 1.84. The Hall–Kier alpha value is -1.24. The predicted molar refractivity (Wildman–Crippen MR) is 77.2 cm³/mol. The highest BCUT2D eigenvalue weighted by Crippen LogP contribution is 2.34. The van der Waals surface area contributed by atoms with Gasteiger partial charge in [-0.1, -0.05) is 34.8 Å². The molecule has 0 aromatic carbocycles. The lowest BCUT2D eigenvalue weighted by molar-refractivity contribution is -0.128. The molecule has 0 bridgehead atoms. The number of hydrogen-bond donors (Lipinski definition) is 2. The monoisotopic (exact) mass is 339 g/mol. The van der Waals surface area contributed by atoms with Gasteiger partial charge >= 0.3 is 5.97 Å². The highest BCUT2D eigenvalue weighted by molar-refractivity contribution is 6.46. The molecule has 0 saturated heterocycles. The number of nitrogens with zero attached hydrogens (tertiary/aromatic N) is 1. The largest absolute Gasteiger partial charge is 0.448 e. The average molecular weight is 341 g/mol. The van der Waals surface area contributed by atoms with Crippen molar-refractivity contribution in [3.8, 4) is 0 Å². The van der Waals surface area contributed by atoms with E-state index in [4.69, 9.17) is 45.3 Å². The Morgan fingerprint density at radius 1 is 1.35 bits per heavy atom. The zero-order valence-corrected chi connectivity index (χ0v) is 12.9. The summed E-state index contributed by atoms with van der Waals surface area (Å²) < 4.78 is 4.93. The van der Waals surface area contributed by atoms with Gasteiger partial charge in [-0.15, -0.1) is 0 Å². The highest BCUT2D eigenvalue weighted by Gasteiger charge is 2.24. The Kier molecular flexibility index (Phi) is 5.86. The summed E-state index contributed by atoms with van der Waals surface area (Å²) in [7, 11) is 0. The number of anilines is 1. The number of aromatic nitrogens is 1. The number of hydrogen-bond acceptors (Lipinski definition) is 5. The molecule has 6 nitrogen and oxygen atoms in total. The van der Waals surface area contributed by atoms with Crippen LogP contribution in [-0.2, 0) is 9.53 Å². The summed E-state index contributed by atoms with van der Waals surface area (Å²) >= 11 is 17.3. The molecule has 0 radical (unpaired) electrons. The maximum atomic E-state index is 11.9. The van der Waals surface area contributed by atoms with Crippen molar-refractivity contribution in [2.75, 3.05) is 12.3 Å². The molecule has 0 aliphatic carbocycles. The summed E-state index contributed by atoms with van der Waals surface area (Å²) in [6, 6.07) is 0. The Morgan fingerprint density at radius 2 is 1.95 bits per heavy atom. The fourth-order valence-electron chi connectivity index (χ4n) is 1.25. The number of likely N-dealkylation sites (N-methyl/N-ethyl adjacent to an activating group) is 1. The number of amides is 1. The summed E-state index contributed by atoms with van der Waals surface area (Å²) in [5, 5.41) is 2.11. The van der Waals surface area contributed by atoms with Crippen LogP contribution in [0.5, 0.6) is 0 Å². The number of nitrogens with one attached hydrogen (secondary N) is 1. The first-order valence-electron chi connectivity index (χ1n) is 5.58. The van der Waals surface area contributed by atoms with Crippen molar-refractivity contribution in [3.05, 3.63) is 20.9 Å². The Bertz CT molecular complexity index is 551. The lowest BCUT2D eigenvalue weighted by Gasteiger charge is -2.13. The summed E-state index contributed by atoms with van der Waals surface area (Å²) in [4.78, 5) is 27.1. The van der Waals surface area contributed by atoms with Crippen molar-refractivity contribution in [1.29, 1.82) is 0 Å². The van der Waals surface area contributed by atoms with Gasteiger partial charge in [-0.2, -0.15) is 0 Å². The molecule has 0 fully saturated rings. The SMILES string of the molecule is CCNC(=O)[C@@H](C)OC(=O)c1nc(Cl)c(Cl)c(N)c1Cl. The van der Waals surface area contributed by atoms with E-state index in [-0.39, 0.29) is 26.6 Å². The first kappa shape index (κ1) is 16.8. The van der Waals surface area contributed by atoms with E-state index in [1.807, 2.05) is 0 Å². The van der Waals surface area contributed by atoms with Crippen molar-refractivity contribution < 1.29 is 14.3 Å². The second kappa shape index (κ2) is 6.97. The van der Waals surface area contributed by atoms with Gasteiger partial charge in [-0.25, -0.2) is 9.78 Å². The van der Waals surface area contributed by atoms with Crippen LogP contribution in [0.1, 0.15) is 24.3 Å². The summed E-state index contributed by atoms with van der Waals surface area (Å²) in [6.07, 6.45) is -1.00. The number of carbonyl (C=O) groups excluding carboxylic acids is 2. The van der Waals surface area contributed by atoms with E-state index < -0.39 is 18.0 Å². The number of pyridine rings is 1. The van der Waals surface area contributed by atoms with E-state index in [2.05, 4.69) is 10.3 Å². The topological polar surface area (TPSA) is 94.3 Å². The van der Waals surface area contributed by atoms with Gasteiger partial charge in [0.1, 0.15) is 5.02 Å². The van der Waals surface area contributed by atoms with Crippen LogP contribution in [0.4, 0.5) is 5.69 Å². The number of ether oxygens (including phenoxy) is 1. The molecular formula is C11H12Cl3N3O3. The fraction of sp³-hybridized carbons (Fsp3) is 0.364. The highest BCUT2D eigenvalue weighted by atomic mass is 35.5. The molecule has 1 atom stereocenters. The van der Waals surface area contributed by atoms with E-state index in [1.165, 1.54) is 6.92 Å². The maximum Gasteiger partial charge on any atom is 0.359 e. The van der Waals surface area contributed by atoms with Gasteiger partial charge in [-0.3, -0.25) is 4.79 Å². The molecule has 0 unspecified atom stereocenters. The van der Waals surface area contributed by atoms with Crippen molar-refractivity contribution in [2.45, 2.75) is 20.0 Å². The van der Waals surface area contributed by atoms with Crippen LogP contribution in [0.2, 0.25) is 15.2 Å². The minimum absolute atomic E-state index is 0.0509. The first-order valence-corrected chi connectivity index (χ1v) is 6.71. The number of esters is 1. The van der Waals surface area contributed by atoms with Gasteiger partial charge in [-0.05, 0) is 13.8 Å². The quantitative estimate of drug-likeness (QED) is 0.648. The Morgan fingerprint density at radius 3 is 2.50 bits per heavy atom. The van der Waals surface area contributed by atoms with E-state index in [1.54, 1.807) is 6.92 Å². The summed E-state index contributed by atoms with van der Waals surface area (Å²) in [5.41, 5.74) is 5.21. The molecule has 9 heteroatoms. The van der Waals surface area contributed by atoms with Crippen molar-refractivity contribution in [1.82, 2.24) is 10.3 Å². The molecule has 1 amide bonds. The zero-order valence-electron chi connectivity index (χ0n) is 10.7. The molecule has 0 aliphatic rings. The number of nitrogen functional groups attached to an aromatic ring is 1. The smallest absolute Gasteiger partial charge is 0.359 e. The van der Waals surface area contributed by atoms with Crippen LogP contribution in [0.25, 0.3) is 0 Å². The van der Waals surface area contributed by atoms with Crippen molar-refractivity contribution in [2.24, 2.45) is 0 Å². The molecule has 3 N–H and O–H groups in total. The van der Waals surface area contributed by atoms with Gasteiger partial charge in [0.05, 0.1) is 10.7 Å². The van der Waals surface area contributed by atoms with E-state index >= 15 is 0 Å². The summed E-state index contributed by atoms with van der Waals surface area (Å²) in [6.45, 7) is 3.57. The van der Waals surface area contributed by atoms with Crippen molar-refractivity contribution in [3.63, 3.8) is 0 Å². The number of carbonyl (C=O) groups is 2. The molecule has 1 rings (SSSR count). The third-order valence-corrected chi connectivity index (χ3v) is 3.40. The number of rotatable bonds is 4. The summed E-state index contributed by atoms with van der Waals surface area (Å²) in [5.74, 6) is -1.36. The molecule has 0 aliphatic heterocycles. The van der Waals surface area contributed by atoms with Crippen LogP contribution in [0.3, 0.4) is 0 Å². The maximum absolute atomic E-state index is 11.9. The number of nitrogens with two attached hydrogens (primary N) is 1. The second-order valence-electron chi connectivity index (χ2n) is 3.73. The van der Waals surface area contributed by atoms with E-state index in [0.717, 1.165) is 0 Å². The molecule has 110 valence electrons. The van der Waals surface area contributed by atoms with Crippen LogP contribution < -0.4 is 11.1 Å². The van der Waals surface area contributed by atoms with Gasteiger partial charge in [0, 0.05) is 6.54 Å². The molecule has 1 aromatic rings. The second-order valence-corrected chi connectivity index (χ2v) is 4.85. The molecular weight excluding hydrogens is 328 g/mol. The van der Waals surface area contributed by atoms with Crippen molar-refractivity contribution >= 4 is 52.4 Å². The van der Waals surface area contributed by atoms with E-state index in [9.17, 15) is 9.59 Å². The lowest BCUT2D eigenvalue weighted by atomic mass is 10.3. The standard InChI is InChI=1S/C11H12Cl3N3O3/c1-3-16-10(18)4(2)20-11(19)8-5(12)7(15)6(13)9(14)17-8/h4H,3H2,1-2H3,(H2,15,17)(H,16,18)/t4-/m1/s1. The predicted octanol–water partition coefficient (Wildman–Crippen LogP) is 2.31. The molecule has 20 heavy (non-hydrogen) atoms. The molecule has 1 aromatic heterocycles. The van der Waals surface area contributed by atoms with Crippen LogP contribution in [0, 0.1) is 0 Å².